The van der Waals surface area contributed by atoms with Gasteiger partial charge in [-0.05, 0) is 24.1 Å². The van der Waals surface area contributed by atoms with Crippen molar-refractivity contribution >= 4 is 5.97 Å². The first-order valence-corrected chi connectivity index (χ1v) is 7.20. The SMILES string of the molecule is O=C(O)CCc1ccc(OC2OC(CO)C(O)C(O)C2O)cc1. The normalized spacial score (nSPS) is 30.9. The lowest BCUT2D eigenvalue weighted by Gasteiger charge is -2.39. The highest BCUT2D eigenvalue weighted by Gasteiger charge is 2.44. The third kappa shape index (κ3) is 4.40. The maximum Gasteiger partial charge on any atom is 0.303 e. The van der Waals surface area contributed by atoms with Crippen LogP contribution in [0.15, 0.2) is 24.3 Å². The number of benzene rings is 1. The Labute approximate surface area is 132 Å². The second-order valence-corrected chi connectivity index (χ2v) is 5.35. The van der Waals surface area contributed by atoms with Crippen LogP contribution in [0.4, 0.5) is 0 Å². The molecule has 0 amide bonds. The fraction of sp³-hybridized carbons (Fsp3) is 0.533. The van der Waals surface area contributed by atoms with Gasteiger partial charge in [0.2, 0.25) is 6.29 Å². The molecule has 5 N–H and O–H groups in total. The molecule has 0 saturated carbocycles. The number of carbonyl (C=O) groups is 1. The minimum Gasteiger partial charge on any atom is -0.481 e. The lowest BCUT2D eigenvalue weighted by molar-refractivity contribution is -0.277. The van der Waals surface area contributed by atoms with Crippen LogP contribution >= 0.6 is 0 Å². The minimum atomic E-state index is -1.50. The van der Waals surface area contributed by atoms with Crippen molar-refractivity contribution < 1.29 is 39.8 Å². The predicted molar refractivity (Wildman–Crippen MR) is 76.8 cm³/mol. The lowest BCUT2D eigenvalue weighted by atomic mass is 9.99. The van der Waals surface area contributed by atoms with E-state index < -0.39 is 43.3 Å². The molecule has 8 nitrogen and oxygen atoms in total. The van der Waals surface area contributed by atoms with Crippen LogP contribution in [0.2, 0.25) is 0 Å². The zero-order chi connectivity index (χ0) is 17.0. The van der Waals surface area contributed by atoms with E-state index in [-0.39, 0.29) is 6.42 Å². The zero-order valence-electron chi connectivity index (χ0n) is 12.3. The van der Waals surface area contributed by atoms with Gasteiger partial charge in [0.15, 0.2) is 0 Å². The molecule has 1 fully saturated rings. The van der Waals surface area contributed by atoms with Crippen LogP contribution in [0.1, 0.15) is 12.0 Å². The number of aliphatic hydroxyl groups excluding tert-OH is 4. The molecule has 1 aromatic rings. The van der Waals surface area contributed by atoms with Gasteiger partial charge >= 0.3 is 5.97 Å². The molecule has 1 aromatic carbocycles. The van der Waals surface area contributed by atoms with Crippen molar-refractivity contribution in [2.45, 2.75) is 43.5 Å². The molecule has 1 aliphatic heterocycles. The number of hydrogen-bond acceptors (Lipinski definition) is 7. The summed E-state index contributed by atoms with van der Waals surface area (Å²) in [6.07, 6.45) is -6.28. The van der Waals surface area contributed by atoms with Gasteiger partial charge in [0.05, 0.1) is 6.61 Å². The Morgan fingerprint density at radius 2 is 1.74 bits per heavy atom. The van der Waals surface area contributed by atoms with Gasteiger partial charge in [-0.1, -0.05) is 12.1 Å². The van der Waals surface area contributed by atoms with E-state index >= 15 is 0 Å². The first-order chi connectivity index (χ1) is 10.9. The van der Waals surface area contributed by atoms with Crippen LogP contribution in [0, 0.1) is 0 Å². The van der Waals surface area contributed by atoms with Crippen molar-refractivity contribution in [3.8, 4) is 5.75 Å². The van der Waals surface area contributed by atoms with Gasteiger partial charge in [-0.15, -0.1) is 0 Å². The van der Waals surface area contributed by atoms with Crippen LogP contribution in [0.25, 0.3) is 0 Å². The average Bonchev–Trinajstić information content (AvgIpc) is 2.54. The van der Waals surface area contributed by atoms with Crippen molar-refractivity contribution in [1.29, 1.82) is 0 Å². The number of hydrogen-bond donors (Lipinski definition) is 5. The third-order valence-electron chi connectivity index (χ3n) is 3.65. The molecule has 8 heteroatoms. The Morgan fingerprint density at radius 1 is 1.09 bits per heavy atom. The fourth-order valence-corrected chi connectivity index (χ4v) is 2.28. The molecule has 0 bridgehead atoms. The molecule has 0 radical (unpaired) electrons. The quantitative estimate of drug-likeness (QED) is 0.443. The monoisotopic (exact) mass is 328 g/mol. The zero-order valence-corrected chi connectivity index (χ0v) is 12.3. The van der Waals surface area contributed by atoms with Crippen molar-refractivity contribution in [2.75, 3.05) is 6.61 Å². The van der Waals surface area contributed by atoms with E-state index in [4.69, 9.17) is 19.7 Å². The van der Waals surface area contributed by atoms with Gasteiger partial charge in [-0.2, -0.15) is 0 Å². The third-order valence-corrected chi connectivity index (χ3v) is 3.65. The van der Waals surface area contributed by atoms with E-state index in [0.717, 1.165) is 5.56 Å². The first-order valence-electron chi connectivity index (χ1n) is 7.20. The summed E-state index contributed by atoms with van der Waals surface area (Å²) < 4.78 is 10.7. The molecular weight excluding hydrogens is 308 g/mol. The summed E-state index contributed by atoms with van der Waals surface area (Å²) in [5.74, 6) is -0.542. The van der Waals surface area contributed by atoms with Crippen LogP contribution in [-0.2, 0) is 16.0 Å². The standard InChI is InChI=1S/C15H20O8/c16-7-10-12(19)13(20)14(21)15(23-10)22-9-4-1-8(2-5-9)3-6-11(17)18/h1-2,4-5,10,12-16,19-21H,3,6-7H2,(H,17,18). The van der Waals surface area contributed by atoms with Gasteiger partial charge < -0.3 is 35.0 Å². The number of aliphatic hydroxyl groups is 4. The number of rotatable bonds is 6. The Bertz CT molecular complexity index is 515. The van der Waals surface area contributed by atoms with Crippen LogP contribution in [-0.4, -0.2) is 68.8 Å². The van der Waals surface area contributed by atoms with E-state index in [2.05, 4.69) is 0 Å². The van der Waals surface area contributed by atoms with Gasteiger partial charge in [-0.3, -0.25) is 4.79 Å². The van der Waals surface area contributed by atoms with Gasteiger partial charge in [-0.25, -0.2) is 0 Å². The molecule has 0 aromatic heterocycles. The molecule has 1 aliphatic rings. The topological polar surface area (TPSA) is 137 Å². The number of aliphatic carboxylic acids is 1. The average molecular weight is 328 g/mol. The number of aryl methyl sites for hydroxylation is 1. The lowest BCUT2D eigenvalue weighted by Crippen LogP contribution is -2.60. The maximum atomic E-state index is 10.5. The van der Waals surface area contributed by atoms with Gasteiger partial charge in [0, 0.05) is 6.42 Å². The fourth-order valence-electron chi connectivity index (χ4n) is 2.28. The summed E-state index contributed by atoms with van der Waals surface area (Å²) in [7, 11) is 0. The van der Waals surface area contributed by atoms with E-state index in [1.807, 2.05) is 0 Å². The second kappa shape index (κ2) is 7.71. The summed E-state index contributed by atoms with van der Waals surface area (Å²) >= 11 is 0. The molecule has 1 saturated heterocycles. The van der Waals surface area contributed by atoms with E-state index in [1.165, 1.54) is 0 Å². The van der Waals surface area contributed by atoms with Crippen LogP contribution in [0.5, 0.6) is 5.75 Å². The molecular formula is C15H20O8. The largest absolute Gasteiger partial charge is 0.481 e. The molecule has 5 unspecified atom stereocenters. The summed E-state index contributed by atoms with van der Waals surface area (Å²) in [6.45, 7) is -0.529. The second-order valence-electron chi connectivity index (χ2n) is 5.35. The van der Waals surface area contributed by atoms with E-state index in [9.17, 15) is 20.1 Å². The summed E-state index contributed by atoms with van der Waals surface area (Å²) in [5, 5.41) is 47.0. The first kappa shape index (κ1) is 17.6. The number of ether oxygens (including phenoxy) is 2. The smallest absolute Gasteiger partial charge is 0.303 e. The Kier molecular flexibility index (Phi) is 5.91. The Hall–Kier alpha value is -1.71. The molecule has 128 valence electrons. The molecule has 5 atom stereocenters. The molecule has 0 spiro atoms. The summed E-state index contributed by atoms with van der Waals surface area (Å²) in [4.78, 5) is 10.5. The van der Waals surface area contributed by atoms with E-state index in [1.54, 1.807) is 24.3 Å². The minimum absolute atomic E-state index is 0.0207. The highest BCUT2D eigenvalue weighted by Crippen LogP contribution is 2.24. The number of carboxylic acids is 1. The summed E-state index contributed by atoms with van der Waals surface area (Å²) in [6, 6.07) is 6.53. The van der Waals surface area contributed by atoms with Crippen molar-refractivity contribution in [2.24, 2.45) is 0 Å². The summed E-state index contributed by atoms with van der Waals surface area (Å²) in [5.41, 5.74) is 0.813. The number of carboxylic acid groups (broad SMARTS) is 1. The van der Waals surface area contributed by atoms with E-state index in [0.29, 0.717) is 12.2 Å². The molecule has 2 rings (SSSR count). The van der Waals surface area contributed by atoms with Crippen LogP contribution in [0.3, 0.4) is 0 Å². The van der Waals surface area contributed by atoms with Gasteiger partial charge in [0.25, 0.3) is 0 Å². The van der Waals surface area contributed by atoms with Crippen LogP contribution < -0.4 is 4.74 Å². The molecule has 23 heavy (non-hydrogen) atoms. The van der Waals surface area contributed by atoms with Crippen molar-refractivity contribution in [1.82, 2.24) is 0 Å². The molecule has 1 heterocycles. The Morgan fingerprint density at radius 3 is 2.30 bits per heavy atom. The molecule has 0 aliphatic carbocycles. The maximum absolute atomic E-state index is 10.5. The highest BCUT2D eigenvalue weighted by molar-refractivity contribution is 5.67. The highest BCUT2D eigenvalue weighted by atomic mass is 16.7. The van der Waals surface area contributed by atoms with Crippen molar-refractivity contribution in [3.63, 3.8) is 0 Å². The van der Waals surface area contributed by atoms with Crippen molar-refractivity contribution in [3.05, 3.63) is 29.8 Å². The Balaban J connectivity index is 1.99. The van der Waals surface area contributed by atoms with Gasteiger partial charge in [0.1, 0.15) is 30.2 Å². The predicted octanol–water partition coefficient (Wildman–Crippen LogP) is -1.12.